The zero-order chi connectivity index (χ0) is 28.3. The fraction of sp³-hybridized carbons (Fsp3) is 0.243. The van der Waals surface area contributed by atoms with Crippen molar-refractivity contribution in [3.05, 3.63) is 156 Å². The zero-order valence-electron chi connectivity index (χ0n) is 23.9. The van der Waals surface area contributed by atoms with E-state index < -0.39 is 0 Å². The third-order valence-corrected chi connectivity index (χ3v) is 7.61. The summed E-state index contributed by atoms with van der Waals surface area (Å²) in [6.45, 7) is 5.88. The SMILES string of the molecule is CC=COCCOc1ccc(C2(c3ccc(OCCOC=CC)cc3)CC(c3ccccc3)c3ccccc32)cc1. The van der Waals surface area contributed by atoms with Crippen LogP contribution in [-0.4, -0.2) is 26.4 Å². The maximum absolute atomic E-state index is 5.96. The van der Waals surface area contributed by atoms with Gasteiger partial charge in [-0.3, -0.25) is 0 Å². The molecule has 210 valence electrons. The van der Waals surface area contributed by atoms with Gasteiger partial charge in [0.1, 0.15) is 37.9 Å². The van der Waals surface area contributed by atoms with Crippen molar-refractivity contribution in [2.24, 2.45) is 0 Å². The minimum atomic E-state index is -0.321. The molecule has 0 aliphatic heterocycles. The van der Waals surface area contributed by atoms with Crippen LogP contribution in [0.15, 0.2) is 128 Å². The highest BCUT2D eigenvalue weighted by atomic mass is 16.5. The Hall–Kier alpha value is -4.44. The lowest BCUT2D eigenvalue weighted by molar-refractivity contribution is 0.178. The van der Waals surface area contributed by atoms with E-state index in [4.69, 9.17) is 18.9 Å². The van der Waals surface area contributed by atoms with E-state index in [9.17, 15) is 0 Å². The Labute approximate surface area is 243 Å². The highest BCUT2D eigenvalue weighted by molar-refractivity contribution is 5.60. The second-order valence-corrected chi connectivity index (χ2v) is 10.1. The van der Waals surface area contributed by atoms with Crippen molar-refractivity contribution < 1.29 is 18.9 Å². The lowest BCUT2D eigenvalue weighted by Crippen LogP contribution is -2.27. The van der Waals surface area contributed by atoms with Crippen molar-refractivity contribution in [2.45, 2.75) is 31.6 Å². The minimum absolute atomic E-state index is 0.284. The third-order valence-electron chi connectivity index (χ3n) is 7.61. The van der Waals surface area contributed by atoms with Crippen molar-refractivity contribution in [1.29, 1.82) is 0 Å². The van der Waals surface area contributed by atoms with Gasteiger partial charge in [-0.25, -0.2) is 0 Å². The summed E-state index contributed by atoms with van der Waals surface area (Å²) >= 11 is 0. The number of hydrogen-bond donors (Lipinski definition) is 0. The molecule has 4 heteroatoms. The van der Waals surface area contributed by atoms with E-state index >= 15 is 0 Å². The first-order valence-corrected chi connectivity index (χ1v) is 14.3. The minimum Gasteiger partial charge on any atom is -0.498 e. The molecule has 5 rings (SSSR count). The summed E-state index contributed by atoms with van der Waals surface area (Å²) < 4.78 is 22.7. The molecule has 1 aliphatic carbocycles. The summed E-state index contributed by atoms with van der Waals surface area (Å²) in [5.41, 5.74) is 6.23. The Morgan fingerprint density at radius 3 is 1.66 bits per heavy atom. The molecule has 0 spiro atoms. The van der Waals surface area contributed by atoms with Gasteiger partial charge in [0.25, 0.3) is 0 Å². The van der Waals surface area contributed by atoms with Gasteiger partial charge in [-0.15, -0.1) is 0 Å². The maximum Gasteiger partial charge on any atom is 0.122 e. The van der Waals surface area contributed by atoms with Crippen molar-refractivity contribution >= 4 is 0 Å². The molecule has 0 aromatic heterocycles. The highest BCUT2D eigenvalue weighted by Crippen LogP contribution is 2.55. The van der Waals surface area contributed by atoms with Crippen LogP contribution in [0.2, 0.25) is 0 Å². The van der Waals surface area contributed by atoms with Crippen molar-refractivity contribution in [3.8, 4) is 11.5 Å². The van der Waals surface area contributed by atoms with Crippen LogP contribution in [0.4, 0.5) is 0 Å². The molecule has 4 nitrogen and oxygen atoms in total. The van der Waals surface area contributed by atoms with Crippen LogP contribution >= 0.6 is 0 Å². The van der Waals surface area contributed by atoms with E-state index in [-0.39, 0.29) is 11.3 Å². The quantitative estimate of drug-likeness (QED) is 0.125. The van der Waals surface area contributed by atoms with Gasteiger partial charge in [-0.1, -0.05) is 91.0 Å². The Kier molecular flexibility index (Phi) is 9.43. The molecule has 1 atom stereocenters. The molecule has 4 aromatic rings. The molecule has 0 saturated carbocycles. The van der Waals surface area contributed by atoms with E-state index in [1.807, 2.05) is 26.0 Å². The number of benzene rings is 4. The molecule has 0 heterocycles. The summed E-state index contributed by atoms with van der Waals surface area (Å²) in [4.78, 5) is 0. The smallest absolute Gasteiger partial charge is 0.122 e. The van der Waals surface area contributed by atoms with E-state index in [1.165, 1.54) is 27.8 Å². The molecular weight excluding hydrogens is 508 g/mol. The standard InChI is InChI=1S/C37H38O4/c1-3-22-38-24-26-40-32-18-14-30(15-19-32)37(31-16-20-33(21-17-31)41-27-25-39-23-4-2)28-35(29-10-6-5-7-11-29)34-12-8-9-13-36(34)37/h3-23,35H,24-28H2,1-2H3. The fourth-order valence-corrected chi connectivity index (χ4v) is 5.83. The average Bonchev–Trinajstić information content (AvgIpc) is 3.38. The normalized spacial score (nSPS) is 18.0. The summed E-state index contributed by atoms with van der Waals surface area (Å²) in [5, 5.41) is 0. The van der Waals surface area contributed by atoms with Crippen LogP contribution < -0.4 is 9.47 Å². The Bertz CT molecular complexity index is 1360. The van der Waals surface area contributed by atoms with E-state index in [0.29, 0.717) is 26.4 Å². The van der Waals surface area contributed by atoms with Gasteiger partial charge in [0, 0.05) is 11.3 Å². The first-order valence-electron chi connectivity index (χ1n) is 14.3. The van der Waals surface area contributed by atoms with Crippen LogP contribution in [0.3, 0.4) is 0 Å². The number of fused-ring (bicyclic) bond motifs is 1. The Balaban J connectivity index is 1.49. The number of ether oxygens (including phenoxy) is 4. The molecule has 1 unspecified atom stereocenters. The van der Waals surface area contributed by atoms with Gasteiger partial charge in [0.2, 0.25) is 0 Å². The van der Waals surface area contributed by atoms with Crippen molar-refractivity contribution in [3.63, 3.8) is 0 Å². The van der Waals surface area contributed by atoms with Crippen LogP contribution in [0.25, 0.3) is 0 Å². The molecule has 0 fully saturated rings. The number of hydrogen-bond acceptors (Lipinski definition) is 4. The van der Waals surface area contributed by atoms with Gasteiger partial charge in [0.15, 0.2) is 0 Å². The van der Waals surface area contributed by atoms with E-state index in [2.05, 4.69) is 103 Å². The fourth-order valence-electron chi connectivity index (χ4n) is 5.83. The maximum atomic E-state index is 5.96. The lowest BCUT2D eigenvalue weighted by Gasteiger charge is -2.33. The molecule has 4 aromatic carbocycles. The van der Waals surface area contributed by atoms with E-state index in [1.54, 1.807) is 12.5 Å². The predicted octanol–water partition coefficient (Wildman–Crippen LogP) is 8.41. The summed E-state index contributed by atoms with van der Waals surface area (Å²) in [5.74, 6) is 1.96. The van der Waals surface area contributed by atoms with Gasteiger partial charge >= 0.3 is 0 Å². The second kappa shape index (κ2) is 13.8. The first-order chi connectivity index (χ1) is 20.3. The van der Waals surface area contributed by atoms with Gasteiger partial charge < -0.3 is 18.9 Å². The molecule has 1 aliphatic rings. The largest absolute Gasteiger partial charge is 0.498 e. The molecule has 0 bridgehead atoms. The van der Waals surface area contributed by atoms with Crippen LogP contribution in [-0.2, 0) is 14.9 Å². The molecule has 41 heavy (non-hydrogen) atoms. The molecular formula is C37H38O4. The van der Waals surface area contributed by atoms with Gasteiger partial charge in [-0.05, 0) is 72.4 Å². The average molecular weight is 547 g/mol. The zero-order valence-corrected chi connectivity index (χ0v) is 23.9. The molecule has 0 saturated heterocycles. The Morgan fingerprint density at radius 1 is 0.610 bits per heavy atom. The summed E-state index contributed by atoms with van der Waals surface area (Å²) in [6.07, 6.45) is 8.05. The summed E-state index contributed by atoms with van der Waals surface area (Å²) in [6, 6.07) is 36.9. The van der Waals surface area contributed by atoms with Crippen LogP contribution in [0.5, 0.6) is 11.5 Å². The molecule has 0 N–H and O–H groups in total. The van der Waals surface area contributed by atoms with Crippen molar-refractivity contribution in [1.82, 2.24) is 0 Å². The summed E-state index contributed by atoms with van der Waals surface area (Å²) in [7, 11) is 0. The third kappa shape index (κ3) is 6.33. The van der Waals surface area contributed by atoms with Crippen LogP contribution in [0.1, 0.15) is 54.0 Å². The van der Waals surface area contributed by atoms with E-state index in [0.717, 1.165) is 17.9 Å². The molecule has 0 radical (unpaired) electrons. The topological polar surface area (TPSA) is 36.9 Å². The number of allylic oxidation sites excluding steroid dienone is 2. The predicted molar refractivity (Wildman–Crippen MR) is 165 cm³/mol. The molecule has 0 amide bonds. The highest BCUT2D eigenvalue weighted by Gasteiger charge is 2.46. The second-order valence-electron chi connectivity index (χ2n) is 10.1. The monoisotopic (exact) mass is 546 g/mol. The number of rotatable bonds is 13. The lowest BCUT2D eigenvalue weighted by atomic mass is 9.69. The Morgan fingerprint density at radius 2 is 1.12 bits per heavy atom. The van der Waals surface area contributed by atoms with Crippen LogP contribution in [0, 0.1) is 0 Å². The van der Waals surface area contributed by atoms with Crippen molar-refractivity contribution in [2.75, 3.05) is 26.4 Å². The van der Waals surface area contributed by atoms with Gasteiger partial charge in [-0.2, -0.15) is 0 Å². The first kappa shape index (κ1) is 28.1. The van der Waals surface area contributed by atoms with Gasteiger partial charge in [0.05, 0.1) is 12.5 Å².